The second-order valence-electron chi connectivity index (χ2n) is 6.09. The molecule has 0 unspecified atom stereocenters. The SMILES string of the molecule is CC(C)(C)OCC(=O)NCC1(CN)CCCC1. The predicted molar refractivity (Wildman–Crippen MR) is 68.7 cm³/mol. The van der Waals surface area contributed by atoms with Crippen molar-refractivity contribution < 1.29 is 9.53 Å². The summed E-state index contributed by atoms with van der Waals surface area (Å²) in [6.07, 6.45) is 4.71. The highest BCUT2D eigenvalue weighted by Crippen LogP contribution is 2.36. The highest BCUT2D eigenvalue weighted by atomic mass is 16.5. The summed E-state index contributed by atoms with van der Waals surface area (Å²) in [5.41, 5.74) is 5.68. The smallest absolute Gasteiger partial charge is 0.246 e. The largest absolute Gasteiger partial charge is 0.366 e. The van der Waals surface area contributed by atoms with E-state index in [0.29, 0.717) is 13.1 Å². The first-order valence-corrected chi connectivity index (χ1v) is 6.48. The molecule has 1 rings (SSSR count). The summed E-state index contributed by atoms with van der Waals surface area (Å²) < 4.78 is 5.43. The van der Waals surface area contributed by atoms with E-state index in [2.05, 4.69) is 5.32 Å². The van der Waals surface area contributed by atoms with Crippen molar-refractivity contribution in [2.24, 2.45) is 11.1 Å². The van der Waals surface area contributed by atoms with E-state index in [0.717, 1.165) is 12.8 Å². The molecule has 0 saturated heterocycles. The number of carbonyl (C=O) groups excluding carboxylic acids is 1. The lowest BCUT2D eigenvalue weighted by Crippen LogP contribution is -2.42. The summed E-state index contributed by atoms with van der Waals surface area (Å²) in [6, 6.07) is 0. The summed E-state index contributed by atoms with van der Waals surface area (Å²) in [5.74, 6) is -0.0420. The van der Waals surface area contributed by atoms with E-state index in [-0.39, 0.29) is 23.5 Å². The monoisotopic (exact) mass is 242 g/mol. The van der Waals surface area contributed by atoms with Crippen LogP contribution in [0.15, 0.2) is 0 Å². The minimum Gasteiger partial charge on any atom is -0.366 e. The summed E-state index contributed by atoms with van der Waals surface area (Å²) in [6.45, 7) is 7.31. The Hall–Kier alpha value is -0.610. The zero-order chi connectivity index (χ0) is 12.9. The molecule has 0 bridgehead atoms. The van der Waals surface area contributed by atoms with Crippen LogP contribution >= 0.6 is 0 Å². The number of rotatable bonds is 5. The minimum atomic E-state index is -0.268. The lowest BCUT2D eigenvalue weighted by atomic mass is 9.86. The quantitative estimate of drug-likeness (QED) is 0.766. The van der Waals surface area contributed by atoms with Crippen molar-refractivity contribution in [2.75, 3.05) is 19.7 Å². The normalized spacial score (nSPS) is 19.3. The minimum absolute atomic E-state index is 0.0420. The molecule has 1 aliphatic carbocycles. The maximum atomic E-state index is 11.6. The maximum Gasteiger partial charge on any atom is 0.246 e. The van der Waals surface area contributed by atoms with Gasteiger partial charge in [-0.2, -0.15) is 0 Å². The van der Waals surface area contributed by atoms with Crippen molar-refractivity contribution >= 4 is 5.91 Å². The summed E-state index contributed by atoms with van der Waals surface area (Å²) in [5, 5.41) is 2.94. The van der Waals surface area contributed by atoms with E-state index in [1.807, 2.05) is 20.8 Å². The first kappa shape index (κ1) is 14.5. The molecule has 1 amide bonds. The molecule has 0 heterocycles. The van der Waals surface area contributed by atoms with Crippen molar-refractivity contribution in [1.29, 1.82) is 0 Å². The topological polar surface area (TPSA) is 64.3 Å². The third kappa shape index (κ3) is 5.04. The van der Waals surface area contributed by atoms with E-state index < -0.39 is 0 Å². The van der Waals surface area contributed by atoms with Crippen LogP contribution in [-0.2, 0) is 9.53 Å². The van der Waals surface area contributed by atoms with Gasteiger partial charge < -0.3 is 15.8 Å². The van der Waals surface area contributed by atoms with Crippen LogP contribution in [0.4, 0.5) is 0 Å². The van der Waals surface area contributed by atoms with E-state index in [1.54, 1.807) is 0 Å². The van der Waals surface area contributed by atoms with Crippen molar-refractivity contribution in [3.8, 4) is 0 Å². The van der Waals surface area contributed by atoms with Crippen LogP contribution in [-0.4, -0.2) is 31.2 Å². The average Bonchev–Trinajstić information content (AvgIpc) is 2.72. The number of hydrogen-bond donors (Lipinski definition) is 2. The standard InChI is InChI=1S/C13H26N2O2/c1-12(2,3)17-8-11(16)15-10-13(9-14)6-4-5-7-13/h4-10,14H2,1-3H3,(H,15,16). The first-order chi connectivity index (χ1) is 7.87. The van der Waals surface area contributed by atoms with Gasteiger partial charge in [-0.3, -0.25) is 4.79 Å². The van der Waals surface area contributed by atoms with Crippen molar-refractivity contribution in [2.45, 2.75) is 52.1 Å². The van der Waals surface area contributed by atoms with Gasteiger partial charge in [-0.1, -0.05) is 12.8 Å². The van der Waals surface area contributed by atoms with Crippen LogP contribution in [0, 0.1) is 5.41 Å². The maximum absolute atomic E-state index is 11.6. The second-order valence-corrected chi connectivity index (χ2v) is 6.09. The molecular weight excluding hydrogens is 216 g/mol. The van der Waals surface area contributed by atoms with E-state index in [1.165, 1.54) is 12.8 Å². The molecule has 0 aromatic carbocycles. The molecule has 3 N–H and O–H groups in total. The third-order valence-electron chi connectivity index (χ3n) is 3.39. The molecule has 1 fully saturated rings. The lowest BCUT2D eigenvalue weighted by Gasteiger charge is -2.27. The van der Waals surface area contributed by atoms with E-state index in [9.17, 15) is 4.79 Å². The predicted octanol–water partition coefficient (Wildman–Crippen LogP) is 1.44. The van der Waals surface area contributed by atoms with Gasteiger partial charge in [0.15, 0.2) is 0 Å². The highest BCUT2D eigenvalue weighted by Gasteiger charge is 2.32. The number of nitrogens with one attached hydrogen (secondary N) is 1. The van der Waals surface area contributed by atoms with Gasteiger partial charge in [0.1, 0.15) is 6.61 Å². The van der Waals surface area contributed by atoms with E-state index >= 15 is 0 Å². The van der Waals surface area contributed by atoms with Gasteiger partial charge >= 0.3 is 0 Å². The second kappa shape index (κ2) is 5.83. The number of nitrogens with two attached hydrogens (primary N) is 1. The summed E-state index contributed by atoms with van der Waals surface area (Å²) in [7, 11) is 0. The van der Waals surface area contributed by atoms with Crippen LogP contribution in [0.25, 0.3) is 0 Å². The Morgan fingerprint density at radius 1 is 1.35 bits per heavy atom. The zero-order valence-electron chi connectivity index (χ0n) is 11.3. The highest BCUT2D eigenvalue weighted by molar-refractivity contribution is 5.77. The number of carbonyl (C=O) groups is 1. The van der Waals surface area contributed by atoms with Gasteiger partial charge in [-0.15, -0.1) is 0 Å². The Morgan fingerprint density at radius 3 is 2.41 bits per heavy atom. The molecule has 0 aromatic heterocycles. The fraction of sp³-hybridized carbons (Fsp3) is 0.923. The molecule has 0 atom stereocenters. The molecule has 17 heavy (non-hydrogen) atoms. The summed E-state index contributed by atoms with van der Waals surface area (Å²) in [4.78, 5) is 11.6. The average molecular weight is 242 g/mol. The molecule has 100 valence electrons. The Morgan fingerprint density at radius 2 is 1.94 bits per heavy atom. The number of amides is 1. The molecular formula is C13H26N2O2. The molecule has 1 aliphatic rings. The van der Waals surface area contributed by atoms with Crippen molar-refractivity contribution in [3.05, 3.63) is 0 Å². The van der Waals surface area contributed by atoms with Gasteiger partial charge in [0.05, 0.1) is 5.60 Å². The van der Waals surface area contributed by atoms with Crippen LogP contribution < -0.4 is 11.1 Å². The molecule has 4 heteroatoms. The van der Waals surface area contributed by atoms with Crippen LogP contribution in [0.5, 0.6) is 0 Å². The van der Waals surface area contributed by atoms with Crippen LogP contribution in [0.2, 0.25) is 0 Å². The van der Waals surface area contributed by atoms with Crippen LogP contribution in [0.1, 0.15) is 46.5 Å². The Balaban J connectivity index is 2.27. The Bertz CT molecular complexity index is 253. The third-order valence-corrected chi connectivity index (χ3v) is 3.39. The van der Waals surface area contributed by atoms with Gasteiger partial charge in [0.2, 0.25) is 5.91 Å². The Labute approximate surface area is 104 Å². The molecule has 0 radical (unpaired) electrons. The summed E-state index contributed by atoms with van der Waals surface area (Å²) >= 11 is 0. The number of ether oxygens (including phenoxy) is 1. The Kier molecular flexibility index (Phi) is 4.95. The van der Waals surface area contributed by atoms with Crippen molar-refractivity contribution in [1.82, 2.24) is 5.32 Å². The molecule has 1 saturated carbocycles. The van der Waals surface area contributed by atoms with Crippen LogP contribution in [0.3, 0.4) is 0 Å². The van der Waals surface area contributed by atoms with Gasteiger partial charge in [0.25, 0.3) is 0 Å². The number of hydrogen-bond acceptors (Lipinski definition) is 3. The lowest BCUT2D eigenvalue weighted by molar-refractivity contribution is -0.131. The van der Waals surface area contributed by atoms with Gasteiger partial charge in [0, 0.05) is 6.54 Å². The van der Waals surface area contributed by atoms with Gasteiger partial charge in [-0.05, 0) is 45.6 Å². The van der Waals surface area contributed by atoms with Crippen molar-refractivity contribution in [3.63, 3.8) is 0 Å². The first-order valence-electron chi connectivity index (χ1n) is 6.48. The van der Waals surface area contributed by atoms with Gasteiger partial charge in [-0.25, -0.2) is 0 Å². The zero-order valence-corrected chi connectivity index (χ0v) is 11.3. The molecule has 0 aromatic rings. The van der Waals surface area contributed by atoms with E-state index in [4.69, 9.17) is 10.5 Å². The fourth-order valence-corrected chi connectivity index (χ4v) is 2.20. The molecule has 0 spiro atoms. The molecule has 0 aliphatic heterocycles. The molecule has 4 nitrogen and oxygen atoms in total. The fourth-order valence-electron chi connectivity index (χ4n) is 2.20.